The zero-order valence-electron chi connectivity index (χ0n) is 11.7. The van der Waals surface area contributed by atoms with Crippen molar-refractivity contribution in [2.24, 2.45) is 5.73 Å². The minimum Gasteiger partial charge on any atom is -0.384 e. The van der Waals surface area contributed by atoms with Gasteiger partial charge in [-0.05, 0) is 37.1 Å². The van der Waals surface area contributed by atoms with Crippen LogP contribution in [0.3, 0.4) is 0 Å². The van der Waals surface area contributed by atoms with E-state index in [4.69, 9.17) is 11.1 Å². The lowest BCUT2D eigenvalue weighted by Gasteiger charge is -2.20. The van der Waals surface area contributed by atoms with Gasteiger partial charge in [0.05, 0.1) is 11.5 Å². The van der Waals surface area contributed by atoms with Gasteiger partial charge in [-0.2, -0.15) is 0 Å². The van der Waals surface area contributed by atoms with Crippen LogP contribution in [0.4, 0.5) is 0 Å². The van der Waals surface area contributed by atoms with Crippen LogP contribution in [0.25, 0.3) is 0 Å². The van der Waals surface area contributed by atoms with Gasteiger partial charge in [0.1, 0.15) is 5.84 Å². The fourth-order valence-corrected chi connectivity index (χ4v) is 3.74. The molecule has 0 bridgehead atoms. The van der Waals surface area contributed by atoms with E-state index in [1.54, 1.807) is 0 Å². The highest BCUT2D eigenvalue weighted by Crippen LogP contribution is 2.15. The minimum atomic E-state index is -2.86. The van der Waals surface area contributed by atoms with Crippen molar-refractivity contribution in [3.63, 3.8) is 0 Å². The van der Waals surface area contributed by atoms with Crippen molar-refractivity contribution >= 4 is 15.7 Å². The maximum absolute atomic E-state index is 11.6. The molecule has 0 aliphatic carbocycles. The first kappa shape index (κ1) is 15.0. The van der Waals surface area contributed by atoms with Crippen LogP contribution in [0.5, 0.6) is 0 Å². The first-order valence-corrected chi connectivity index (χ1v) is 8.56. The van der Waals surface area contributed by atoms with Crippen LogP contribution in [0.1, 0.15) is 23.1 Å². The van der Waals surface area contributed by atoms with E-state index in [0.29, 0.717) is 18.7 Å². The summed E-state index contributed by atoms with van der Waals surface area (Å²) in [5.74, 6) is 0.615. The van der Waals surface area contributed by atoms with E-state index in [1.807, 2.05) is 25.1 Å². The predicted molar refractivity (Wildman–Crippen MR) is 80.7 cm³/mol. The van der Waals surface area contributed by atoms with Gasteiger partial charge in [-0.1, -0.05) is 12.1 Å². The van der Waals surface area contributed by atoms with Gasteiger partial charge in [0.2, 0.25) is 0 Å². The lowest BCUT2D eigenvalue weighted by atomic mass is 10.0. The van der Waals surface area contributed by atoms with Crippen molar-refractivity contribution in [2.75, 3.05) is 24.6 Å². The van der Waals surface area contributed by atoms with E-state index in [1.165, 1.54) is 0 Å². The number of rotatable bonds is 3. The van der Waals surface area contributed by atoms with Crippen LogP contribution >= 0.6 is 0 Å². The van der Waals surface area contributed by atoms with Gasteiger partial charge < -0.3 is 5.73 Å². The number of nitrogen functional groups attached to an aromatic ring is 1. The number of benzene rings is 1. The molecule has 20 heavy (non-hydrogen) atoms. The third kappa shape index (κ3) is 3.80. The summed E-state index contributed by atoms with van der Waals surface area (Å²) < 4.78 is 23.2. The van der Waals surface area contributed by atoms with Crippen molar-refractivity contribution in [3.05, 3.63) is 34.9 Å². The molecule has 1 saturated heterocycles. The van der Waals surface area contributed by atoms with Crippen LogP contribution in [0.15, 0.2) is 18.2 Å². The summed E-state index contributed by atoms with van der Waals surface area (Å²) in [6.45, 7) is 4.15. The van der Waals surface area contributed by atoms with E-state index >= 15 is 0 Å². The number of hydrogen-bond donors (Lipinski definition) is 2. The zero-order chi connectivity index (χ0) is 14.8. The van der Waals surface area contributed by atoms with Gasteiger partial charge in [0.15, 0.2) is 9.84 Å². The number of sulfone groups is 1. The third-order valence-electron chi connectivity index (χ3n) is 3.70. The molecule has 6 heteroatoms. The van der Waals surface area contributed by atoms with Gasteiger partial charge in [-0.25, -0.2) is 8.42 Å². The Kier molecular flexibility index (Phi) is 4.45. The van der Waals surface area contributed by atoms with Crippen LogP contribution in [0, 0.1) is 12.3 Å². The first-order chi connectivity index (χ1) is 9.37. The fourth-order valence-electron chi connectivity index (χ4n) is 2.43. The smallest absolute Gasteiger partial charge is 0.151 e. The number of hydrogen-bond acceptors (Lipinski definition) is 4. The highest BCUT2D eigenvalue weighted by Gasteiger charge is 2.19. The molecule has 1 aliphatic heterocycles. The molecule has 1 aliphatic rings. The molecule has 0 aromatic heterocycles. The molecule has 0 spiro atoms. The van der Waals surface area contributed by atoms with Crippen molar-refractivity contribution in [1.82, 2.24) is 4.90 Å². The molecule has 2 rings (SSSR count). The van der Waals surface area contributed by atoms with Crippen molar-refractivity contribution in [3.8, 4) is 0 Å². The summed E-state index contributed by atoms with van der Waals surface area (Å²) in [5, 5.41) is 7.43. The van der Waals surface area contributed by atoms with E-state index < -0.39 is 9.84 Å². The molecule has 0 unspecified atom stereocenters. The summed E-state index contributed by atoms with van der Waals surface area (Å²) in [4.78, 5) is 2.18. The Morgan fingerprint density at radius 1 is 1.35 bits per heavy atom. The topological polar surface area (TPSA) is 87.2 Å². The van der Waals surface area contributed by atoms with Gasteiger partial charge in [-0.15, -0.1) is 0 Å². The van der Waals surface area contributed by atoms with Crippen LogP contribution < -0.4 is 5.73 Å². The standard InChI is InChI=1S/C14H21N3O2S/c1-11-9-12(14(15)16)3-4-13(11)10-17-5-2-7-20(18,19)8-6-17/h3-4,9H,2,5-8,10H2,1H3,(H3,15,16). The SMILES string of the molecule is Cc1cc(C(=N)N)ccc1CN1CCCS(=O)(=O)CC1. The van der Waals surface area contributed by atoms with E-state index in [9.17, 15) is 8.42 Å². The van der Waals surface area contributed by atoms with Crippen molar-refractivity contribution < 1.29 is 8.42 Å². The molecule has 1 aromatic rings. The van der Waals surface area contributed by atoms with Gasteiger partial charge >= 0.3 is 0 Å². The molecule has 0 saturated carbocycles. The quantitative estimate of drug-likeness (QED) is 0.640. The molecule has 110 valence electrons. The summed E-state index contributed by atoms with van der Waals surface area (Å²) in [7, 11) is -2.86. The summed E-state index contributed by atoms with van der Waals surface area (Å²) in [6.07, 6.45) is 0.701. The van der Waals surface area contributed by atoms with E-state index in [-0.39, 0.29) is 11.6 Å². The monoisotopic (exact) mass is 295 g/mol. The Morgan fingerprint density at radius 3 is 2.75 bits per heavy atom. The average molecular weight is 295 g/mol. The maximum atomic E-state index is 11.6. The third-order valence-corrected chi connectivity index (χ3v) is 5.41. The van der Waals surface area contributed by atoms with Crippen LogP contribution in [0.2, 0.25) is 0 Å². The molecular formula is C14H21N3O2S. The molecule has 0 radical (unpaired) electrons. The summed E-state index contributed by atoms with van der Waals surface area (Å²) >= 11 is 0. The Hall–Kier alpha value is -1.40. The van der Waals surface area contributed by atoms with Crippen molar-refractivity contribution in [1.29, 1.82) is 5.41 Å². The Morgan fingerprint density at radius 2 is 2.10 bits per heavy atom. The fraction of sp³-hybridized carbons (Fsp3) is 0.500. The summed E-state index contributed by atoms with van der Waals surface area (Å²) in [5.41, 5.74) is 8.45. The van der Waals surface area contributed by atoms with Gasteiger partial charge in [-0.3, -0.25) is 10.3 Å². The molecule has 0 atom stereocenters. The second-order valence-electron chi connectivity index (χ2n) is 5.34. The molecule has 3 N–H and O–H groups in total. The number of nitrogens with two attached hydrogens (primary N) is 1. The zero-order valence-corrected chi connectivity index (χ0v) is 12.5. The highest BCUT2D eigenvalue weighted by molar-refractivity contribution is 7.91. The lowest BCUT2D eigenvalue weighted by molar-refractivity contribution is 0.286. The Bertz CT molecular complexity index is 611. The molecule has 1 aromatic carbocycles. The number of amidine groups is 1. The Balaban J connectivity index is 2.08. The first-order valence-electron chi connectivity index (χ1n) is 6.74. The Labute approximate surface area is 120 Å². The number of nitrogens with zero attached hydrogens (tertiary/aromatic N) is 1. The molecule has 0 amide bonds. The van der Waals surface area contributed by atoms with E-state index in [0.717, 1.165) is 29.8 Å². The van der Waals surface area contributed by atoms with Crippen LogP contribution in [-0.4, -0.2) is 43.7 Å². The second-order valence-corrected chi connectivity index (χ2v) is 7.64. The normalized spacial score (nSPS) is 19.4. The number of nitrogens with one attached hydrogen (secondary N) is 1. The maximum Gasteiger partial charge on any atom is 0.151 e. The molecule has 5 nitrogen and oxygen atoms in total. The van der Waals surface area contributed by atoms with Crippen LogP contribution in [-0.2, 0) is 16.4 Å². The van der Waals surface area contributed by atoms with Crippen molar-refractivity contribution in [2.45, 2.75) is 19.9 Å². The second kappa shape index (κ2) is 5.93. The van der Waals surface area contributed by atoms with E-state index in [2.05, 4.69) is 4.90 Å². The lowest BCUT2D eigenvalue weighted by Crippen LogP contribution is -2.27. The highest BCUT2D eigenvalue weighted by atomic mass is 32.2. The molecule has 1 fully saturated rings. The predicted octanol–water partition coefficient (Wildman–Crippen LogP) is 0.900. The minimum absolute atomic E-state index is 0.0699. The summed E-state index contributed by atoms with van der Waals surface area (Å²) in [6, 6.07) is 5.73. The van der Waals surface area contributed by atoms with Gasteiger partial charge in [0.25, 0.3) is 0 Å². The number of aryl methyl sites for hydroxylation is 1. The molecule has 1 heterocycles. The van der Waals surface area contributed by atoms with Gasteiger partial charge in [0, 0.05) is 18.7 Å². The largest absolute Gasteiger partial charge is 0.384 e. The average Bonchev–Trinajstić information content (AvgIpc) is 2.53. The molecular weight excluding hydrogens is 274 g/mol.